The van der Waals surface area contributed by atoms with E-state index >= 15 is 0 Å². The van der Waals surface area contributed by atoms with E-state index in [2.05, 4.69) is 21.2 Å². The number of nitrogens with one attached hydrogen (secondary N) is 1. The van der Waals surface area contributed by atoms with Crippen LogP contribution >= 0.6 is 15.9 Å². The van der Waals surface area contributed by atoms with E-state index in [0.717, 1.165) is 15.8 Å². The molecule has 0 aliphatic carbocycles. The topological polar surface area (TPSA) is 69.7 Å². The fourth-order valence-corrected chi connectivity index (χ4v) is 3.14. The van der Waals surface area contributed by atoms with Crippen molar-refractivity contribution in [3.63, 3.8) is 0 Å². The molecule has 2 fully saturated rings. The number of hydrogen-bond acceptors (Lipinski definition) is 3. The Bertz CT molecular complexity index is 597. The molecule has 0 spiro atoms. The van der Waals surface area contributed by atoms with Gasteiger partial charge < -0.3 is 10.2 Å². The lowest BCUT2D eigenvalue weighted by Gasteiger charge is -2.15. The molecular formula is C14H14BrN3O3. The predicted molar refractivity (Wildman–Crippen MR) is 79.6 cm³/mol. The Kier molecular flexibility index (Phi) is 3.67. The van der Waals surface area contributed by atoms with E-state index in [1.54, 1.807) is 23.1 Å². The van der Waals surface area contributed by atoms with E-state index < -0.39 is 0 Å². The zero-order valence-electron chi connectivity index (χ0n) is 11.2. The minimum Gasteiger partial charge on any atom is -0.324 e. The first-order valence-electron chi connectivity index (χ1n) is 6.73. The van der Waals surface area contributed by atoms with Crippen LogP contribution in [0, 0.1) is 0 Å². The van der Waals surface area contributed by atoms with Crippen LogP contribution < -0.4 is 5.32 Å². The van der Waals surface area contributed by atoms with Gasteiger partial charge in [-0.05, 0) is 31.0 Å². The monoisotopic (exact) mass is 351 g/mol. The van der Waals surface area contributed by atoms with Gasteiger partial charge >= 0.3 is 6.03 Å². The van der Waals surface area contributed by atoms with E-state index in [0.29, 0.717) is 18.7 Å². The van der Waals surface area contributed by atoms with Gasteiger partial charge in [0.1, 0.15) is 12.6 Å². The molecule has 0 saturated carbocycles. The summed E-state index contributed by atoms with van der Waals surface area (Å²) in [6, 6.07) is 6.42. The number of hydrogen-bond donors (Lipinski definition) is 1. The van der Waals surface area contributed by atoms with Gasteiger partial charge in [-0.1, -0.05) is 22.0 Å². The fourth-order valence-electron chi connectivity index (χ4n) is 2.74. The molecule has 2 heterocycles. The molecule has 110 valence electrons. The van der Waals surface area contributed by atoms with Crippen LogP contribution in [0.15, 0.2) is 28.7 Å². The summed E-state index contributed by atoms with van der Waals surface area (Å²) in [6.07, 6.45) is 1.54. The predicted octanol–water partition coefficient (Wildman–Crippen LogP) is 1.81. The highest BCUT2D eigenvalue weighted by molar-refractivity contribution is 9.10. The number of carbonyl (C=O) groups is 3. The lowest BCUT2D eigenvalue weighted by atomic mass is 10.2. The first kappa shape index (κ1) is 14.1. The van der Waals surface area contributed by atoms with Crippen LogP contribution in [0.5, 0.6) is 0 Å². The second-order valence-corrected chi connectivity index (χ2v) is 6.03. The third-order valence-corrected chi connectivity index (χ3v) is 4.18. The van der Waals surface area contributed by atoms with E-state index in [1.165, 1.54) is 0 Å². The molecule has 7 heteroatoms. The highest BCUT2D eigenvalue weighted by Gasteiger charge is 2.47. The van der Waals surface area contributed by atoms with Crippen LogP contribution in [0.25, 0.3) is 0 Å². The SMILES string of the molecule is O=C(CN1C(=O)C2CCCN2C1=O)Nc1cccc(Br)c1. The molecule has 6 nitrogen and oxygen atoms in total. The molecule has 0 radical (unpaired) electrons. The number of rotatable bonds is 3. The van der Waals surface area contributed by atoms with Crippen molar-refractivity contribution in [2.75, 3.05) is 18.4 Å². The summed E-state index contributed by atoms with van der Waals surface area (Å²) in [6.45, 7) is 0.357. The van der Waals surface area contributed by atoms with Crippen molar-refractivity contribution < 1.29 is 14.4 Å². The van der Waals surface area contributed by atoms with Crippen molar-refractivity contribution in [2.45, 2.75) is 18.9 Å². The van der Waals surface area contributed by atoms with Crippen LogP contribution in [0.2, 0.25) is 0 Å². The van der Waals surface area contributed by atoms with Crippen LogP contribution in [0.1, 0.15) is 12.8 Å². The average molecular weight is 352 g/mol. The van der Waals surface area contributed by atoms with Gasteiger partial charge in [0.25, 0.3) is 5.91 Å². The Labute approximate surface area is 130 Å². The lowest BCUT2D eigenvalue weighted by molar-refractivity contribution is -0.131. The van der Waals surface area contributed by atoms with Crippen molar-refractivity contribution in [1.82, 2.24) is 9.80 Å². The smallest absolute Gasteiger partial charge is 0.324 e. The standard InChI is InChI=1S/C14H14BrN3O3/c15-9-3-1-4-10(7-9)16-12(19)8-18-13(20)11-5-2-6-17(11)14(18)21/h1,3-4,7,11H,2,5-6,8H2,(H,16,19). The Morgan fingerprint density at radius 3 is 2.90 bits per heavy atom. The number of halogens is 1. The van der Waals surface area contributed by atoms with Crippen LogP contribution in [-0.4, -0.2) is 46.8 Å². The number of benzene rings is 1. The van der Waals surface area contributed by atoms with Gasteiger partial charge in [-0.15, -0.1) is 0 Å². The molecule has 0 aromatic heterocycles. The molecule has 0 bridgehead atoms. The fraction of sp³-hybridized carbons (Fsp3) is 0.357. The summed E-state index contributed by atoms with van der Waals surface area (Å²) in [5.74, 6) is -0.641. The number of anilines is 1. The quantitative estimate of drug-likeness (QED) is 0.844. The second-order valence-electron chi connectivity index (χ2n) is 5.12. The van der Waals surface area contributed by atoms with Crippen LogP contribution in [-0.2, 0) is 9.59 Å². The number of nitrogens with zero attached hydrogens (tertiary/aromatic N) is 2. The molecule has 1 unspecified atom stereocenters. The van der Waals surface area contributed by atoms with Gasteiger partial charge in [0, 0.05) is 16.7 Å². The first-order valence-corrected chi connectivity index (χ1v) is 7.53. The number of amides is 4. The summed E-state index contributed by atoms with van der Waals surface area (Å²) in [5.41, 5.74) is 0.619. The van der Waals surface area contributed by atoms with Crippen molar-refractivity contribution in [3.05, 3.63) is 28.7 Å². The normalized spacial score (nSPS) is 20.9. The molecule has 21 heavy (non-hydrogen) atoms. The maximum Gasteiger partial charge on any atom is 0.327 e. The molecule has 2 aliphatic heterocycles. The van der Waals surface area contributed by atoms with Crippen molar-refractivity contribution in [1.29, 1.82) is 0 Å². The lowest BCUT2D eigenvalue weighted by Crippen LogP contribution is -2.39. The molecule has 2 saturated heterocycles. The van der Waals surface area contributed by atoms with E-state index in [1.807, 2.05) is 6.07 Å². The van der Waals surface area contributed by atoms with Gasteiger partial charge in [0.15, 0.2) is 0 Å². The van der Waals surface area contributed by atoms with E-state index in [-0.39, 0.29) is 30.4 Å². The summed E-state index contributed by atoms with van der Waals surface area (Å²) in [5, 5.41) is 2.68. The molecular weight excluding hydrogens is 338 g/mol. The molecule has 1 N–H and O–H groups in total. The molecule has 2 aliphatic rings. The molecule has 4 amide bonds. The summed E-state index contributed by atoms with van der Waals surface area (Å²) in [7, 11) is 0. The number of fused-ring (bicyclic) bond motifs is 1. The van der Waals surface area contributed by atoms with Crippen molar-refractivity contribution in [3.8, 4) is 0 Å². The Balaban J connectivity index is 1.65. The molecule has 1 aromatic carbocycles. The average Bonchev–Trinajstić information content (AvgIpc) is 2.99. The Morgan fingerprint density at radius 1 is 1.38 bits per heavy atom. The third kappa shape index (κ3) is 2.65. The minimum absolute atomic E-state index is 0.239. The highest BCUT2D eigenvalue weighted by Crippen LogP contribution is 2.27. The van der Waals surface area contributed by atoms with Gasteiger partial charge in [-0.25, -0.2) is 4.79 Å². The summed E-state index contributed by atoms with van der Waals surface area (Å²) in [4.78, 5) is 38.8. The number of imide groups is 1. The first-order chi connectivity index (χ1) is 10.1. The highest BCUT2D eigenvalue weighted by atomic mass is 79.9. The second kappa shape index (κ2) is 5.48. The maximum atomic E-state index is 12.1. The molecule has 3 rings (SSSR count). The molecule has 1 atom stereocenters. The molecule has 1 aromatic rings. The Morgan fingerprint density at radius 2 is 2.19 bits per heavy atom. The van der Waals surface area contributed by atoms with Gasteiger partial charge in [-0.2, -0.15) is 0 Å². The van der Waals surface area contributed by atoms with Crippen molar-refractivity contribution in [2.24, 2.45) is 0 Å². The van der Waals surface area contributed by atoms with Gasteiger partial charge in [-0.3, -0.25) is 14.5 Å². The van der Waals surface area contributed by atoms with Gasteiger partial charge in [0.05, 0.1) is 0 Å². The van der Waals surface area contributed by atoms with Crippen molar-refractivity contribution >= 4 is 39.5 Å². The summed E-state index contributed by atoms with van der Waals surface area (Å²) < 4.78 is 0.842. The zero-order valence-corrected chi connectivity index (χ0v) is 12.8. The largest absolute Gasteiger partial charge is 0.327 e. The number of urea groups is 1. The maximum absolute atomic E-state index is 12.1. The minimum atomic E-state index is -0.379. The van der Waals surface area contributed by atoms with E-state index in [4.69, 9.17) is 0 Å². The summed E-state index contributed by atoms with van der Waals surface area (Å²) >= 11 is 3.32. The van der Waals surface area contributed by atoms with Gasteiger partial charge in [0.2, 0.25) is 5.91 Å². The van der Waals surface area contributed by atoms with Crippen LogP contribution in [0.4, 0.5) is 10.5 Å². The Hall–Kier alpha value is -1.89. The number of carbonyl (C=O) groups excluding carboxylic acids is 3. The third-order valence-electron chi connectivity index (χ3n) is 3.69. The van der Waals surface area contributed by atoms with Crippen LogP contribution in [0.3, 0.4) is 0 Å². The zero-order chi connectivity index (χ0) is 15.0. The van der Waals surface area contributed by atoms with E-state index in [9.17, 15) is 14.4 Å².